The first-order valence-corrected chi connectivity index (χ1v) is 10.4. The number of benzene rings is 3. The number of aromatic nitrogens is 3. The Morgan fingerprint density at radius 3 is 2.45 bits per heavy atom. The van der Waals surface area contributed by atoms with Gasteiger partial charge in [-0.2, -0.15) is 0 Å². The number of pyridine rings is 1. The lowest BCUT2D eigenvalue weighted by molar-refractivity contribution is -0.385. The summed E-state index contributed by atoms with van der Waals surface area (Å²) < 4.78 is 7.37. The molecule has 0 N–H and O–H groups in total. The molecule has 3 aromatic carbocycles. The Bertz CT molecular complexity index is 1460. The Morgan fingerprint density at radius 1 is 0.909 bits per heavy atom. The van der Waals surface area contributed by atoms with Gasteiger partial charge in [-0.1, -0.05) is 60.7 Å². The van der Waals surface area contributed by atoms with Gasteiger partial charge in [0, 0.05) is 29.0 Å². The number of nitro groups is 1. The lowest BCUT2D eigenvalue weighted by Gasteiger charge is -2.11. The van der Waals surface area contributed by atoms with Gasteiger partial charge in [0.2, 0.25) is 0 Å². The molecule has 0 aliphatic carbocycles. The first-order chi connectivity index (χ1) is 16.1. The average molecular weight is 436 g/mol. The molecule has 0 saturated carbocycles. The number of nitro benzene ring substituents is 1. The van der Waals surface area contributed by atoms with Gasteiger partial charge in [0.25, 0.3) is 5.69 Å². The van der Waals surface area contributed by atoms with E-state index in [-0.39, 0.29) is 17.2 Å². The van der Waals surface area contributed by atoms with Crippen molar-refractivity contribution < 1.29 is 9.66 Å². The first-order valence-electron chi connectivity index (χ1n) is 10.4. The highest BCUT2D eigenvalue weighted by atomic mass is 16.6. The van der Waals surface area contributed by atoms with E-state index in [1.807, 2.05) is 65.2 Å². The molecule has 5 rings (SSSR count). The summed E-state index contributed by atoms with van der Waals surface area (Å²) in [5.74, 6) is 1.37. The van der Waals surface area contributed by atoms with E-state index in [1.54, 1.807) is 31.5 Å². The van der Waals surface area contributed by atoms with Crippen LogP contribution in [-0.4, -0.2) is 26.6 Å². The van der Waals surface area contributed by atoms with Crippen LogP contribution in [0.4, 0.5) is 5.69 Å². The fourth-order valence-electron chi connectivity index (χ4n) is 3.93. The molecule has 0 unspecified atom stereocenters. The van der Waals surface area contributed by atoms with Crippen molar-refractivity contribution in [3.05, 3.63) is 107 Å². The molecular formula is C26H20N4O3. The second-order valence-corrected chi connectivity index (χ2v) is 7.57. The zero-order valence-corrected chi connectivity index (χ0v) is 17.9. The van der Waals surface area contributed by atoms with Gasteiger partial charge in [0.1, 0.15) is 11.6 Å². The molecule has 0 saturated heterocycles. The molecule has 162 valence electrons. The van der Waals surface area contributed by atoms with Crippen LogP contribution in [0.15, 0.2) is 91.1 Å². The number of imidazole rings is 1. The van der Waals surface area contributed by atoms with Gasteiger partial charge in [-0.3, -0.25) is 10.1 Å². The third-order valence-electron chi connectivity index (χ3n) is 5.56. The monoisotopic (exact) mass is 436 g/mol. The number of methoxy groups -OCH3 is 1. The number of fused-ring (bicyclic) bond motifs is 1. The van der Waals surface area contributed by atoms with E-state index in [1.165, 1.54) is 6.07 Å². The maximum Gasteiger partial charge on any atom is 0.274 e. The number of para-hydroxylation sites is 1. The average Bonchev–Trinajstić information content (AvgIpc) is 3.22. The summed E-state index contributed by atoms with van der Waals surface area (Å²) in [7, 11) is 1.61. The Balaban J connectivity index is 1.73. The van der Waals surface area contributed by atoms with Crippen LogP contribution in [0, 0.1) is 10.1 Å². The fraction of sp³-hybridized carbons (Fsp3) is 0.0769. The van der Waals surface area contributed by atoms with Gasteiger partial charge >= 0.3 is 0 Å². The van der Waals surface area contributed by atoms with E-state index in [9.17, 15) is 10.1 Å². The van der Waals surface area contributed by atoms with Crippen molar-refractivity contribution in [2.24, 2.45) is 0 Å². The predicted molar refractivity (Wildman–Crippen MR) is 127 cm³/mol. The molecule has 0 radical (unpaired) electrons. The van der Waals surface area contributed by atoms with Crippen LogP contribution in [0.5, 0.6) is 5.75 Å². The van der Waals surface area contributed by atoms with Crippen molar-refractivity contribution in [3.8, 4) is 28.3 Å². The molecule has 0 atom stereocenters. The highest BCUT2D eigenvalue weighted by Crippen LogP contribution is 2.31. The topological polar surface area (TPSA) is 83.1 Å². The van der Waals surface area contributed by atoms with Crippen molar-refractivity contribution in [1.82, 2.24) is 14.5 Å². The Hall–Kier alpha value is -4.52. The maximum atomic E-state index is 11.6. The summed E-state index contributed by atoms with van der Waals surface area (Å²) in [6.07, 6.45) is 1.80. The largest absolute Gasteiger partial charge is 0.497 e. The van der Waals surface area contributed by atoms with Gasteiger partial charge in [0.15, 0.2) is 5.65 Å². The lowest BCUT2D eigenvalue weighted by atomic mass is 10.1. The van der Waals surface area contributed by atoms with Gasteiger partial charge in [0.05, 0.1) is 24.1 Å². The number of hydrogen-bond acceptors (Lipinski definition) is 5. The van der Waals surface area contributed by atoms with Crippen LogP contribution < -0.4 is 4.74 Å². The highest BCUT2D eigenvalue weighted by Gasteiger charge is 2.19. The summed E-state index contributed by atoms with van der Waals surface area (Å²) in [6.45, 7) is 0.278. The van der Waals surface area contributed by atoms with E-state index < -0.39 is 0 Å². The molecule has 0 spiro atoms. The van der Waals surface area contributed by atoms with Gasteiger partial charge in [-0.15, -0.1) is 0 Å². The van der Waals surface area contributed by atoms with E-state index in [2.05, 4.69) is 4.98 Å². The molecule has 7 heteroatoms. The summed E-state index contributed by atoms with van der Waals surface area (Å²) >= 11 is 0. The highest BCUT2D eigenvalue weighted by molar-refractivity contribution is 5.82. The maximum absolute atomic E-state index is 11.6. The Morgan fingerprint density at radius 2 is 1.67 bits per heavy atom. The molecule has 2 heterocycles. The van der Waals surface area contributed by atoms with Crippen LogP contribution in [0.25, 0.3) is 33.7 Å². The molecule has 0 bridgehead atoms. The SMILES string of the molecule is COc1cccc(-c2nc3ncc(-c4ccccc4)cc3n2Cc2ccccc2[N+](=O)[O-])c1. The predicted octanol–water partition coefficient (Wildman–Crippen LogP) is 5.73. The third-order valence-corrected chi connectivity index (χ3v) is 5.56. The molecule has 2 aromatic heterocycles. The number of rotatable bonds is 6. The zero-order chi connectivity index (χ0) is 22.8. The normalized spacial score (nSPS) is 10.9. The summed E-state index contributed by atoms with van der Waals surface area (Å²) in [4.78, 5) is 20.7. The summed E-state index contributed by atoms with van der Waals surface area (Å²) in [5.41, 5.74) is 4.86. The molecule has 0 amide bonds. The van der Waals surface area contributed by atoms with E-state index >= 15 is 0 Å². The van der Waals surface area contributed by atoms with E-state index in [4.69, 9.17) is 9.72 Å². The quantitative estimate of drug-likeness (QED) is 0.251. The summed E-state index contributed by atoms with van der Waals surface area (Å²) in [6, 6.07) is 26.4. The van der Waals surface area contributed by atoms with Crippen molar-refractivity contribution in [2.45, 2.75) is 6.54 Å². The number of hydrogen-bond donors (Lipinski definition) is 0. The minimum atomic E-state index is -0.354. The number of ether oxygens (including phenoxy) is 1. The second-order valence-electron chi connectivity index (χ2n) is 7.57. The van der Waals surface area contributed by atoms with Crippen LogP contribution in [0.2, 0.25) is 0 Å². The van der Waals surface area contributed by atoms with Crippen LogP contribution >= 0.6 is 0 Å². The van der Waals surface area contributed by atoms with E-state index in [0.717, 1.165) is 22.2 Å². The minimum Gasteiger partial charge on any atom is -0.497 e. The van der Waals surface area contributed by atoms with Crippen molar-refractivity contribution in [1.29, 1.82) is 0 Å². The molecule has 0 fully saturated rings. The molecule has 0 aliphatic heterocycles. The van der Waals surface area contributed by atoms with Gasteiger partial charge in [-0.05, 0) is 23.8 Å². The molecule has 0 aliphatic rings. The second kappa shape index (κ2) is 8.55. The smallest absolute Gasteiger partial charge is 0.274 e. The minimum absolute atomic E-state index is 0.0723. The lowest BCUT2D eigenvalue weighted by Crippen LogP contribution is -2.05. The summed E-state index contributed by atoms with van der Waals surface area (Å²) in [5, 5.41) is 11.6. The standard InChI is InChI=1S/C26H20N4O3/c1-33-22-12-7-11-19(14-22)26-28-25-24(15-21(16-27-25)18-8-3-2-4-9-18)29(26)17-20-10-5-6-13-23(20)30(31)32/h2-16H,17H2,1H3. The van der Waals surface area contributed by atoms with Crippen molar-refractivity contribution >= 4 is 16.9 Å². The zero-order valence-electron chi connectivity index (χ0n) is 17.9. The molecule has 7 nitrogen and oxygen atoms in total. The third kappa shape index (κ3) is 3.92. The first kappa shape index (κ1) is 20.4. The Labute approximate surface area is 190 Å². The fourth-order valence-corrected chi connectivity index (χ4v) is 3.93. The van der Waals surface area contributed by atoms with E-state index in [0.29, 0.717) is 22.8 Å². The van der Waals surface area contributed by atoms with Gasteiger partial charge < -0.3 is 9.30 Å². The molecule has 5 aromatic rings. The Kier molecular flexibility index (Phi) is 5.28. The molecular weight excluding hydrogens is 416 g/mol. The van der Waals surface area contributed by atoms with Crippen LogP contribution in [0.1, 0.15) is 5.56 Å². The van der Waals surface area contributed by atoms with Gasteiger partial charge in [-0.25, -0.2) is 9.97 Å². The van der Waals surface area contributed by atoms with Crippen molar-refractivity contribution in [3.63, 3.8) is 0 Å². The molecule has 33 heavy (non-hydrogen) atoms. The van der Waals surface area contributed by atoms with Crippen molar-refractivity contribution in [2.75, 3.05) is 7.11 Å². The number of nitrogens with zero attached hydrogens (tertiary/aromatic N) is 4. The van der Waals surface area contributed by atoms with Crippen LogP contribution in [0.3, 0.4) is 0 Å². The van der Waals surface area contributed by atoms with Crippen LogP contribution in [-0.2, 0) is 6.54 Å².